The first kappa shape index (κ1) is 14.0. The van der Waals surface area contributed by atoms with E-state index in [1.165, 1.54) is 25.7 Å². The van der Waals surface area contributed by atoms with Crippen molar-refractivity contribution in [2.24, 2.45) is 17.8 Å². The topological polar surface area (TPSA) is 32.3 Å². The average Bonchev–Trinajstić information content (AvgIpc) is 2.25. The predicted molar refractivity (Wildman–Crippen MR) is 69.5 cm³/mol. The van der Waals surface area contributed by atoms with E-state index in [0.29, 0.717) is 12.0 Å². The van der Waals surface area contributed by atoms with Crippen molar-refractivity contribution >= 4 is 0 Å². The number of hydrogen-bond acceptors (Lipinski definition) is 2. The molecular weight excluding hydrogens is 198 g/mol. The minimum Gasteiger partial charge on any atom is -0.395 e. The first-order chi connectivity index (χ1) is 7.63. The van der Waals surface area contributed by atoms with Crippen molar-refractivity contribution in [2.75, 3.05) is 13.2 Å². The Balaban J connectivity index is 2.25. The van der Waals surface area contributed by atoms with Gasteiger partial charge in [0.05, 0.1) is 6.61 Å². The van der Waals surface area contributed by atoms with Gasteiger partial charge >= 0.3 is 0 Å². The SMILES string of the molecule is CC(C)CC(CO)NCC1CCCCC1C. The lowest BCUT2D eigenvalue weighted by Crippen LogP contribution is -2.39. The van der Waals surface area contributed by atoms with Gasteiger partial charge < -0.3 is 10.4 Å². The fourth-order valence-electron chi connectivity index (χ4n) is 2.81. The van der Waals surface area contributed by atoms with Gasteiger partial charge in [0.25, 0.3) is 0 Å². The molecule has 1 aliphatic carbocycles. The van der Waals surface area contributed by atoms with Crippen LogP contribution >= 0.6 is 0 Å². The highest BCUT2D eigenvalue weighted by Crippen LogP contribution is 2.29. The second-order valence-electron chi connectivity index (χ2n) is 5.94. The third-order valence-electron chi connectivity index (χ3n) is 3.93. The Bertz CT molecular complexity index is 182. The van der Waals surface area contributed by atoms with Gasteiger partial charge in [0.15, 0.2) is 0 Å². The summed E-state index contributed by atoms with van der Waals surface area (Å²) in [5.41, 5.74) is 0. The van der Waals surface area contributed by atoms with E-state index in [1.54, 1.807) is 0 Å². The van der Waals surface area contributed by atoms with Crippen LogP contribution < -0.4 is 5.32 Å². The fourth-order valence-corrected chi connectivity index (χ4v) is 2.81. The maximum absolute atomic E-state index is 9.31. The molecular formula is C14H29NO. The molecule has 0 radical (unpaired) electrons. The van der Waals surface area contributed by atoms with Crippen LogP contribution in [-0.4, -0.2) is 24.3 Å². The molecule has 2 heteroatoms. The first-order valence-electron chi connectivity index (χ1n) is 6.97. The molecule has 2 N–H and O–H groups in total. The zero-order valence-corrected chi connectivity index (χ0v) is 11.2. The van der Waals surface area contributed by atoms with E-state index in [9.17, 15) is 5.11 Å². The van der Waals surface area contributed by atoms with Crippen LogP contribution in [0.15, 0.2) is 0 Å². The van der Waals surface area contributed by atoms with Crippen LogP contribution in [0.1, 0.15) is 52.9 Å². The molecule has 0 aromatic carbocycles. The van der Waals surface area contributed by atoms with Crippen LogP contribution in [0.2, 0.25) is 0 Å². The summed E-state index contributed by atoms with van der Waals surface area (Å²) < 4.78 is 0. The molecule has 96 valence electrons. The minimum atomic E-state index is 0.277. The molecule has 0 amide bonds. The number of aliphatic hydroxyl groups excluding tert-OH is 1. The highest BCUT2D eigenvalue weighted by atomic mass is 16.3. The average molecular weight is 227 g/mol. The van der Waals surface area contributed by atoms with Gasteiger partial charge in [-0.15, -0.1) is 0 Å². The van der Waals surface area contributed by atoms with Gasteiger partial charge in [-0.25, -0.2) is 0 Å². The van der Waals surface area contributed by atoms with Crippen molar-refractivity contribution < 1.29 is 5.11 Å². The van der Waals surface area contributed by atoms with Crippen LogP contribution in [-0.2, 0) is 0 Å². The summed E-state index contributed by atoms with van der Waals surface area (Å²) in [5.74, 6) is 2.35. The van der Waals surface area contributed by atoms with Crippen LogP contribution in [0.4, 0.5) is 0 Å². The molecule has 0 aromatic heterocycles. The Morgan fingerprint density at radius 1 is 1.25 bits per heavy atom. The van der Waals surface area contributed by atoms with E-state index < -0.39 is 0 Å². The normalized spacial score (nSPS) is 28.3. The summed E-state index contributed by atoms with van der Waals surface area (Å²) in [6.07, 6.45) is 6.64. The lowest BCUT2D eigenvalue weighted by molar-refractivity contribution is 0.194. The van der Waals surface area contributed by atoms with Crippen LogP contribution in [0.25, 0.3) is 0 Å². The Morgan fingerprint density at radius 3 is 2.50 bits per heavy atom. The molecule has 0 heterocycles. The molecule has 3 unspecified atom stereocenters. The van der Waals surface area contributed by atoms with Crippen molar-refractivity contribution in [3.05, 3.63) is 0 Å². The van der Waals surface area contributed by atoms with Gasteiger partial charge in [0, 0.05) is 6.04 Å². The number of aliphatic hydroxyl groups is 1. The van der Waals surface area contributed by atoms with E-state index >= 15 is 0 Å². The highest BCUT2D eigenvalue weighted by Gasteiger charge is 2.21. The molecule has 1 fully saturated rings. The molecule has 1 saturated carbocycles. The van der Waals surface area contributed by atoms with Crippen molar-refractivity contribution in [1.82, 2.24) is 5.32 Å². The third-order valence-corrected chi connectivity index (χ3v) is 3.93. The second kappa shape index (κ2) is 7.29. The molecule has 0 saturated heterocycles. The second-order valence-corrected chi connectivity index (χ2v) is 5.94. The molecule has 0 spiro atoms. The lowest BCUT2D eigenvalue weighted by Gasteiger charge is -2.30. The van der Waals surface area contributed by atoms with E-state index in [-0.39, 0.29) is 6.61 Å². The van der Waals surface area contributed by atoms with Crippen LogP contribution in [0.3, 0.4) is 0 Å². The van der Waals surface area contributed by atoms with Crippen LogP contribution in [0.5, 0.6) is 0 Å². The van der Waals surface area contributed by atoms with Gasteiger partial charge in [0.2, 0.25) is 0 Å². The van der Waals surface area contributed by atoms with Crippen molar-refractivity contribution in [2.45, 2.75) is 58.9 Å². The smallest absolute Gasteiger partial charge is 0.0584 e. The van der Waals surface area contributed by atoms with E-state index in [1.807, 2.05) is 0 Å². The molecule has 1 rings (SSSR count). The predicted octanol–water partition coefficient (Wildman–Crippen LogP) is 2.81. The Kier molecular flexibility index (Phi) is 6.37. The first-order valence-corrected chi connectivity index (χ1v) is 6.97. The summed E-state index contributed by atoms with van der Waals surface area (Å²) in [7, 11) is 0. The zero-order valence-electron chi connectivity index (χ0n) is 11.2. The Morgan fingerprint density at radius 2 is 1.94 bits per heavy atom. The highest BCUT2D eigenvalue weighted by molar-refractivity contribution is 4.76. The number of nitrogens with one attached hydrogen (secondary N) is 1. The molecule has 1 aliphatic rings. The van der Waals surface area contributed by atoms with E-state index in [4.69, 9.17) is 0 Å². The summed E-state index contributed by atoms with van der Waals surface area (Å²) in [4.78, 5) is 0. The molecule has 16 heavy (non-hydrogen) atoms. The van der Waals surface area contributed by atoms with Gasteiger partial charge in [-0.3, -0.25) is 0 Å². The Hall–Kier alpha value is -0.0800. The summed E-state index contributed by atoms with van der Waals surface area (Å²) in [5, 5.41) is 12.9. The largest absolute Gasteiger partial charge is 0.395 e. The maximum Gasteiger partial charge on any atom is 0.0584 e. The standard InChI is InChI=1S/C14H29NO/c1-11(2)8-14(10-16)15-9-13-7-5-4-6-12(13)3/h11-16H,4-10H2,1-3H3. The van der Waals surface area contributed by atoms with Crippen molar-refractivity contribution in [3.63, 3.8) is 0 Å². The van der Waals surface area contributed by atoms with Crippen molar-refractivity contribution in [1.29, 1.82) is 0 Å². The number of rotatable bonds is 6. The maximum atomic E-state index is 9.31. The molecule has 0 aliphatic heterocycles. The van der Waals surface area contributed by atoms with E-state index in [0.717, 1.165) is 24.8 Å². The minimum absolute atomic E-state index is 0.277. The van der Waals surface area contributed by atoms with Gasteiger partial charge in [-0.2, -0.15) is 0 Å². The third kappa shape index (κ3) is 4.84. The van der Waals surface area contributed by atoms with Gasteiger partial charge in [0.1, 0.15) is 0 Å². The summed E-state index contributed by atoms with van der Waals surface area (Å²) >= 11 is 0. The summed E-state index contributed by atoms with van der Waals surface area (Å²) in [6, 6.07) is 0.300. The molecule has 0 bridgehead atoms. The van der Waals surface area contributed by atoms with E-state index in [2.05, 4.69) is 26.1 Å². The van der Waals surface area contributed by atoms with Gasteiger partial charge in [-0.1, -0.05) is 40.0 Å². The van der Waals surface area contributed by atoms with Crippen molar-refractivity contribution in [3.8, 4) is 0 Å². The van der Waals surface area contributed by atoms with Gasteiger partial charge in [-0.05, 0) is 37.1 Å². The quantitative estimate of drug-likeness (QED) is 0.731. The number of hydrogen-bond donors (Lipinski definition) is 2. The zero-order chi connectivity index (χ0) is 12.0. The molecule has 3 atom stereocenters. The lowest BCUT2D eigenvalue weighted by atomic mass is 9.80. The molecule has 0 aromatic rings. The monoisotopic (exact) mass is 227 g/mol. The summed E-state index contributed by atoms with van der Waals surface area (Å²) in [6.45, 7) is 8.18. The molecule has 2 nitrogen and oxygen atoms in total. The fraction of sp³-hybridized carbons (Fsp3) is 1.00. The Labute approximate surface area is 101 Å². The van der Waals surface area contributed by atoms with Crippen LogP contribution in [0, 0.1) is 17.8 Å².